The smallest absolute Gasteiger partial charge is 0.0753 e. The molecule has 0 saturated carbocycles. The molecule has 2 heteroatoms. The first-order valence-corrected chi connectivity index (χ1v) is 3.70. The van der Waals surface area contributed by atoms with Crippen LogP contribution in [-0.4, -0.2) is 37.2 Å². The van der Waals surface area contributed by atoms with Crippen molar-refractivity contribution in [1.29, 1.82) is 0 Å². The quantitative estimate of drug-likeness (QED) is 0.469. The van der Waals surface area contributed by atoms with Crippen molar-refractivity contribution in [3.05, 3.63) is 0 Å². The predicted molar refractivity (Wildman–Crippen MR) is 35.4 cm³/mol. The molecular weight excluding hydrogens is 114 g/mol. The Kier molecular flexibility index (Phi) is 1.24. The molecular formula is C7H13NO. The van der Waals surface area contributed by atoms with E-state index >= 15 is 0 Å². The van der Waals surface area contributed by atoms with E-state index in [2.05, 4.69) is 11.9 Å². The van der Waals surface area contributed by atoms with Crippen molar-refractivity contribution in [3.8, 4) is 0 Å². The maximum absolute atomic E-state index is 5.36. The molecule has 2 aliphatic heterocycles. The molecule has 2 aliphatic rings. The lowest BCUT2D eigenvalue weighted by molar-refractivity contribution is -0.148. The molecule has 0 aromatic carbocycles. The van der Waals surface area contributed by atoms with E-state index in [0.29, 0.717) is 6.10 Å². The second-order valence-corrected chi connectivity index (χ2v) is 3.06. The molecule has 0 radical (unpaired) electrons. The van der Waals surface area contributed by atoms with Gasteiger partial charge in [0, 0.05) is 0 Å². The minimum absolute atomic E-state index is 0.587. The lowest BCUT2D eigenvalue weighted by atomic mass is 9.96. The molecule has 2 rings (SSSR count). The van der Waals surface area contributed by atoms with Crippen molar-refractivity contribution in [1.82, 2.24) is 4.90 Å². The van der Waals surface area contributed by atoms with Crippen LogP contribution < -0.4 is 0 Å². The van der Waals surface area contributed by atoms with Crippen LogP contribution in [0.25, 0.3) is 0 Å². The van der Waals surface area contributed by atoms with Crippen LogP contribution >= 0.6 is 0 Å². The lowest BCUT2D eigenvalue weighted by Gasteiger charge is -2.46. The van der Waals surface area contributed by atoms with Gasteiger partial charge >= 0.3 is 0 Å². The van der Waals surface area contributed by atoms with Gasteiger partial charge in [-0.1, -0.05) is 0 Å². The summed E-state index contributed by atoms with van der Waals surface area (Å²) in [4.78, 5) is 2.41. The van der Waals surface area contributed by atoms with Gasteiger partial charge in [0.15, 0.2) is 0 Å². The van der Waals surface area contributed by atoms with Gasteiger partial charge in [0.1, 0.15) is 0 Å². The van der Waals surface area contributed by atoms with Gasteiger partial charge in [-0.25, -0.2) is 0 Å². The standard InChI is InChI=1S/C7H13NO/c1-8-4-2-3-7-6(8)5-9-7/h6-7H,2-5H2,1H3. The highest BCUT2D eigenvalue weighted by Gasteiger charge is 2.37. The highest BCUT2D eigenvalue weighted by molar-refractivity contribution is 4.89. The van der Waals surface area contributed by atoms with Crippen LogP contribution in [0.15, 0.2) is 0 Å². The Morgan fingerprint density at radius 1 is 1.56 bits per heavy atom. The van der Waals surface area contributed by atoms with Crippen LogP contribution in [0.3, 0.4) is 0 Å². The minimum atomic E-state index is 0.587. The third kappa shape index (κ3) is 0.775. The number of nitrogens with zero attached hydrogens (tertiary/aromatic N) is 1. The summed E-state index contributed by atoms with van der Waals surface area (Å²) < 4.78 is 5.36. The Morgan fingerprint density at radius 3 is 2.89 bits per heavy atom. The topological polar surface area (TPSA) is 12.5 Å². The van der Waals surface area contributed by atoms with Gasteiger partial charge < -0.3 is 4.74 Å². The summed E-state index contributed by atoms with van der Waals surface area (Å²) in [5, 5.41) is 0. The van der Waals surface area contributed by atoms with Crippen molar-refractivity contribution >= 4 is 0 Å². The Morgan fingerprint density at radius 2 is 2.44 bits per heavy atom. The van der Waals surface area contributed by atoms with Crippen LogP contribution in [0.4, 0.5) is 0 Å². The summed E-state index contributed by atoms with van der Waals surface area (Å²) >= 11 is 0. The Labute approximate surface area is 55.8 Å². The Balaban J connectivity index is 1.98. The zero-order valence-corrected chi connectivity index (χ0v) is 5.84. The molecule has 0 N–H and O–H groups in total. The molecule has 0 spiro atoms. The summed E-state index contributed by atoms with van der Waals surface area (Å²) in [6, 6.07) is 0.763. The number of hydrogen-bond donors (Lipinski definition) is 0. The van der Waals surface area contributed by atoms with Crippen LogP contribution in [0, 0.1) is 0 Å². The number of rotatable bonds is 0. The molecule has 0 bridgehead atoms. The number of likely N-dealkylation sites (N-methyl/N-ethyl adjacent to an activating group) is 1. The van der Waals surface area contributed by atoms with E-state index in [1.54, 1.807) is 0 Å². The minimum Gasteiger partial charge on any atom is -0.375 e. The third-order valence-corrected chi connectivity index (χ3v) is 2.48. The lowest BCUT2D eigenvalue weighted by Crippen LogP contribution is -2.57. The Bertz CT molecular complexity index is 109. The van der Waals surface area contributed by atoms with Crippen LogP contribution in [0.2, 0.25) is 0 Å². The highest BCUT2D eigenvalue weighted by Crippen LogP contribution is 2.26. The maximum atomic E-state index is 5.36. The fraction of sp³-hybridized carbons (Fsp3) is 1.00. The molecule has 2 saturated heterocycles. The maximum Gasteiger partial charge on any atom is 0.0753 e. The molecule has 2 fully saturated rings. The van der Waals surface area contributed by atoms with E-state index in [9.17, 15) is 0 Å². The molecule has 0 aromatic heterocycles. The van der Waals surface area contributed by atoms with Crippen LogP contribution in [-0.2, 0) is 4.74 Å². The molecule has 2 unspecified atom stereocenters. The molecule has 2 heterocycles. The zero-order chi connectivity index (χ0) is 6.27. The largest absolute Gasteiger partial charge is 0.375 e. The van der Waals surface area contributed by atoms with Gasteiger partial charge in [-0.3, -0.25) is 4.90 Å². The van der Waals surface area contributed by atoms with E-state index in [-0.39, 0.29) is 0 Å². The molecule has 2 atom stereocenters. The monoisotopic (exact) mass is 127 g/mol. The molecule has 52 valence electrons. The van der Waals surface area contributed by atoms with E-state index < -0.39 is 0 Å². The molecule has 0 aliphatic carbocycles. The fourth-order valence-corrected chi connectivity index (χ4v) is 1.71. The van der Waals surface area contributed by atoms with Gasteiger partial charge in [0.25, 0.3) is 0 Å². The number of hydrogen-bond acceptors (Lipinski definition) is 2. The molecule has 0 aromatic rings. The summed E-state index contributed by atoms with van der Waals surface area (Å²) in [6.45, 7) is 2.24. The van der Waals surface area contributed by atoms with Crippen molar-refractivity contribution in [2.75, 3.05) is 20.2 Å². The SMILES string of the molecule is CN1CCCC2OCC21. The van der Waals surface area contributed by atoms with E-state index in [0.717, 1.165) is 12.6 Å². The number of fused-ring (bicyclic) bond motifs is 1. The third-order valence-electron chi connectivity index (χ3n) is 2.48. The van der Waals surface area contributed by atoms with E-state index in [4.69, 9.17) is 4.74 Å². The predicted octanol–water partition coefficient (Wildman–Crippen LogP) is 0.479. The fourth-order valence-electron chi connectivity index (χ4n) is 1.71. The second-order valence-electron chi connectivity index (χ2n) is 3.06. The van der Waals surface area contributed by atoms with Crippen molar-refractivity contribution in [2.45, 2.75) is 25.0 Å². The first-order chi connectivity index (χ1) is 4.38. The van der Waals surface area contributed by atoms with Gasteiger partial charge in [0.2, 0.25) is 0 Å². The Hall–Kier alpha value is -0.0800. The second kappa shape index (κ2) is 1.96. The van der Waals surface area contributed by atoms with Crippen LogP contribution in [0.5, 0.6) is 0 Å². The summed E-state index contributed by atoms with van der Waals surface area (Å²) in [6.07, 6.45) is 3.19. The van der Waals surface area contributed by atoms with Gasteiger partial charge in [0.05, 0.1) is 18.8 Å². The highest BCUT2D eigenvalue weighted by atomic mass is 16.5. The number of ether oxygens (including phenoxy) is 1. The molecule has 9 heavy (non-hydrogen) atoms. The normalized spacial score (nSPS) is 43.7. The van der Waals surface area contributed by atoms with E-state index in [1.165, 1.54) is 19.4 Å². The number of piperidine rings is 1. The summed E-state index contributed by atoms with van der Waals surface area (Å²) in [7, 11) is 2.19. The van der Waals surface area contributed by atoms with E-state index in [1.807, 2.05) is 0 Å². The van der Waals surface area contributed by atoms with Crippen molar-refractivity contribution < 1.29 is 4.74 Å². The van der Waals surface area contributed by atoms with Gasteiger partial charge in [-0.05, 0) is 26.4 Å². The molecule has 0 amide bonds. The molecule has 2 nitrogen and oxygen atoms in total. The average molecular weight is 127 g/mol. The average Bonchev–Trinajstić information content (AvgIpc) is 1.74. The zero-order valence-electron chi connectivity index (χ0n) is 5.84. The first-order valence-electron chi connectivity index (χ1n) is 3.70. The van der Waals surface area contributed by atoms with Crippen molar-refractivity contribution in [3.63, 3.8) is 0 Å². The first kappa shape index (κ1) is 5.69. The van der Waals surface area contributed by atoms with Crippen molar-refractivity contribution in [2.24, 2.45) is 0 Å². The van der Waals surface area contributed by atoms with Gasteiger partial charge in [-0.2, -0.15) is 0 Å². The van der Waals surface area contributed by atoms with Crippen LogP contribution in [0.1, 0.15) is 12.8 Å². The summed E-state index contributed by atoms with van der Waals surface area (Å²) in [5.74, 6) is 0. The van der Waals surface area contributed by atoms with Gasteiger partial charge in [-0.15, -0.1) is 0 Å². The summed E-state index contributed by atoms with van der Waals surface area (Å²) in [5.41, 5.74) is 0. The number of likely N-dealkylation sites (tertiary alicyclic amines) is 1.